The number of aromatic nitrogens is 4. The summed E-state index contributed by atoms with van der Waals surface area (Å²) in [5, 5.41) is 18.9. The second-order valence-electron chi connectivity index (χ2n) is 11.2. The minimum atomic E-state index is -0.838. The van der Waals surface area contributed by atoms with Crippen LogP contribution in [0.2, 0.25) is 0 Å². The summed E-state index contributed by atoms with van der Waals surface area (Å²) in [5.74, 6) is -1.66. The third-order valence-corrected chi connectivity index (χ3v) is 8.69. The molecule has 2 aliphatic rings. The molecule has 0 spiro atoms. The van der Waals surface area contributed by atoms with E-state index in [2.05, 4.69) is 55.9 Å². The number of aryl methyl sites for hydroxylation is 4. The van der Waals surface area contributed by atoms with E-state index < -0.39 is 11.9 Å². The second-order valence-corrected chi connectivity index (χ2v) is 11.2. The van der Waals surface area contributed by atoms with E-state index in [0.29, 0.717) is 12.8 Å². The van der Waals surface area contributed by atoms with Gasteiger partial charge in [-0.05, 0) is 122 Å². The molecule has 3 aromatic heterocycles. The minimum absolute atomic E-state index is 0.0266. The van der Waals surface area contributed by atoms with E-state index in [1.54, 1.807) is 0 Å². The van der Waals surface area contributed by atoms with Crippen LogP contribution in [0.25, 0.3) is 44.4 Å². The van der Waals surface area contributed by atoms with Crippen LogP contribution < -0.4 is 0 Å². The highest BCUT2D eigenvalue weighted by atomic mass is 16.4. The number of fused-ring (bicyclic) bond motifs is 8. The molecule has 3 aromatic rings. The second kappa shape index (κ2) is 11.4. The first kappa shape index (κ1) is 29.0. The molecule has 0 radical (unpaired) electrons. The molecular weight excluding hydrogens is 528 g/mol. The number of aliphatic carboxylic acids is 2. The van der Waals surface area contributed by atoms with E-state index in [1.807, 2.05) is 19.9 Å². The summed E-state index contributed by atoms with van der Waals surface area (Å²) in [4.78, 5) is 40.3. The molecule has 0 atom stereocenters. The van der Waals surface area contributed by atoms with Crippen LogP contribution in [0.15, 0.2) is 24.3 Å². The van der Waals surface area contributed by atoms with Gasteiger partial charge in [-0.3, -0.25) is 9.59 Å². The van der Waals surface area contributed by atoms with Crippen molar-refractivity contribution in [1.82, 2.24) is 19.9 Å². The van der Waals surface area contributed by atoms with Crippen molar-refractivity contribution in [3.63, 3.8) is 0 Å². The largest absolute Gasteiger partial charge is 0.481 e. The van der Waals surface area contributed by atoms with Crippen molar-refractivity contribution >= 4 is 56.3 Å². The molecule has 0 saturated heterocycles. The van der Waals surface area contributed by atoms with Crippen LogP contribution >= 0.6 is 0 Å². The Balaban J connectivity index is 1.92. The van der Waals surface area contributed by atoms with Gasteiger partial charge in [0.1, 0.15) is 0 Å². The van der Waals surface area contributed by atoms with Crippen molar-refractivity contribution in [3.8, 4) is 0 Å². The molecule has 0 amide bonds. The normalized spacial score (nSPS) is 13.3. The number of nitrogens with zero attached hydrogens (tertiary/aromatic N) is 2. The Hall–Kier alpha value is -4.46. The number of nitrogens with one attached hydrogen (secondary N) is 2. The first-order valence-corrected chi connectivity index (χ1v) is 14.6. The number of carbonyl (C=O) groups is 2. The van der Waals surface area contributed by atoms with Gasteiger partial charge in [-0.2, -0.15) is 0 Å². The van der Waals surface area contributed by atoms with Crippen LogP contribution in [0.1, 0.15) is 98.4 Å². The number of H-pyrrole nitrogens is 2. The molecule has 0 saturated carbocycles. The topological polar surface area (TPSA) is 132 Å². The number of carboxylic acid groups (broad SMARTS) is 2. The van der Waals surface area contributed by atoms with Gasteiger partial charge in [-0.15, -0.1) is 0 Å². The molecule has 0 aromatic carbocycles. The highest BCUT2D eigenvalue weighted by Gasteiger charge is 2.22. The van der Waals surface area contributed by atoms with Gasteiger partial charge in [0.15, 0.2) is 0 Å². The fourth-order valence-corrected chi connectivity index (χ4v) is 6.22. The zero-order chi connectivity index (χ0) is 30.3. The summed E-state index contributed by atoms with van der Waals surface area (Å²) in [6, 6.07) is 8.19. The van der Waals surface area contributed by atoms with Crippen molar-refractivity contribution in [1.29, 1.82) is 0 Å². The smallest absolute Gasteiger partial charge is 0.303 e. The Morgan fingerprint density at radius 1 is 0.619 bits per heavy atom. The van der Waals surface area contributed by atoms with Crippen LogP contribution in [-0.4, -0.2) is 42.1 Å². The lowest BCUT2D eigenvalue weighted by Crippen LogP contribution is -1.97. The first-order valence-electron chi connectivity index (χ1n) is 14.6. The average molecular weight is 567 g/mol. The van der Waals surface area contributed by atoms with Gasteiger partial charge in [0.05, 0.1) is 22.8 Å². The number of aromatic amines is 2. The van der Waals surface area contributed by atoms with Gasteiger partial charge in [-0.25, -0.2) is 9.97 Å². The lowest BCUT2D eigenvalue weighted by atomic mass is 9.99. The molecule has 0 fully saturated rings. The molecular formula is C34H38N4O4. The molecule has 2 aliphatic heterocycles. The van der Waals surface area contributed by atoms with Gasteiger partial charge >= 0.3 is 11.9 Å². The molecule has 4 N–H and O–H groups in total. The van der Waals surface area contributed by atoms with Crippen molar-refractivity contribution in [2.45, 2.75) is 80.1 Å². The molecule has 5 rings (SSSR count). The molecule has 8 nitrogen and oxygen atoms in total. The number of hydrogen-bond acceptors (Lipinski definition) is 4. The average Bonchev–Trinajstić information content (AvgIpc) is 3.59. The van der Waals surface area contributed by atoms with Gasteiger partial charge in [-0.1, -0.05) is 13.8 Å². The molecule has 8 heteroatoms. The van der Waals surface area contributed by atoms with Crippen LogP contribution in [0.3, 0.4) is 0 Å². The monoisotopic (exact) mass is 566 g/mol. The summed E-state index contributed by atoms with van der Waals surface area (Å²) >= 11 is 0. The maximum atomic E-state index is 11.5. The molecule has 0 unspecified atom stereocenters. The van der Waals surface area contributed by atoms with E-state index >= 15 is 0 Å². The predicted molar refractivity (Wildman–Crippen MR) is 168 cm³/mol. The van der Waals surface area contributed by atoms with E-state index in [4.69, 9.17) is 9.97 Å². The minimum Gasteiger partial charge on any atom is -0.481 e. The lowest BCUT2D eigenvalue weighted by molar-refractivity contribution is -0.137. The highest BCUT2D eigenvalue weighted by molar-refractivity contribution is 5.96. The van der Waals surface area contributed by atoms with Gasteiger partial charge < -0.3 is 20.2 Å². The molecule has 42 heavy (non-hydrogen) atoms. The van der Waals surface area contributed by atoms with E-state index in [9.17, 15) is 19.8 Å². The maximum Gasteiger partial charge on any atom is 0.303 e. The lowest BCUT2D eigenvalue weighted by Gasteiger charge is -2.03. The van der Waals surface area contributed by atoms with E-state index in [0.717, 1.165) is 96.7 Å². The van der Waals surface area contributed by atoms with Crippen LogP contribution in [-0.2, 0) is 22.4 Å². The van der Waals surface area contributed by atoms with Crippen molar-refractivity contribution in [2.24, 2.45) is 0 Å². The SMILES string of the molecule is CCC1=C(C)c2cc3nc(cc4[nH]c(cc5[nH]c(cc1n2)c(C)c5CCC(=O)O)c(C)c4CC)C(C)=C3CCC(=O)O. The zero-order valence-corrected chi connectivity index (χ0v) is 25.2. The molecule has 8 bridgehead atoms. The van der Waals surface area contributed by atoms with Gasteiger partial charge in [0.2, 0.25) is 0 Å². The Morgan fingerprint density at radius 2 is 1.12 bits per heavy atom. The first-order chi connectivity index (χ1) is 20.0. The van der Waals surface area contributed by atoms with Gasteiger partial charge in [0.25, 0.3) is 0 Å². The summed E-state index contributed by atoms with van der Waals surface area (Å²) in [6.07, 6.45) is 2.50. The quantitative estimate of drug-likeness (QED) is 0.221. The number of carboxylic acids is 2. The summed E-state index contributed by atoms with van der Waals surface area (Å²) in [5.41, 5.74) is 15.4. The number of hydrogen-bond donors (Lipinski definition) is 4. The third kappa shape index (κ3) is 5.29. The Kier molecular flexibility index (Phi) is 7.91. The maximum absolute atomic E-state index is 11.5. The van der Waals surface area contributed by atoms with Gasteiger partial charge in [0, 0.05) is 34.9 Å². The van der Waals surface area contributed by atoms with Crippen molar-refractivity contribution < 1.29 is 19.8 Å². The van der Waals surface area contributed by atoms with Crippen molar-refractivity contribution in [2.75, 3.05) is 0 Å². The van der Waals surface area contributed by atoms with E-state index in [1.165, 1.54) is 5.56 Å². The summed E-state index contributed by atoms with van der Waals surface area (Å²) < 4.78 is 0. The van der Waals surface area contributed by atoms with Crippen molar-refractivity contribution in [3.05, 3.63) is 69.3 Å². The number of allylic oxidation sites excluding steroid dienone is 4. The standard InChI is InChI=1S/C34H38N4O4/c1-7-21-17(3)25-15-31-24(10-12-34(41)42)20(6)28(38-31)14-30-22(8-2)18(4)26(36-30)16-32-23(9-11-33(39)40)19(5)27(37-32)13-29(21)35-25/h13-16,35,38H,7-12H2,1-6H3,(H,39,40)(H,41,42). The Morgan fingerprint density at radius 3 is 1.74 bits per heavy atom. The predicted octanol–water partition coefficient (Wildman–Crippen LogP) is 7.65. The fraction of sp³-hybridized carbons (Fsp3) is 0.353. The third-order valence-electron chi connectivity index (χ3n) is 8.69. The van der Waals surface area contributed by atoms with E-state index in [-0.39, 0.29) is 12.8 Å². The number of rotatable bonds is 8. The fourth-order valence-electron chi connectivity index (χ4n) is 6.22. The molecule has 0 aliphatic carbocycles. The molecule has 218 valence electrons. The van der Waals surface area contributed by atoms with Crippen LogP contribution in [0.5, 0.6) is 0 Å². The van der Waals surface area contributed by atoms with Crippen LogP contribution in [0, 0.1) is 13.8 Å². The Bertz CT molecular complexity index is 1850. The highest BCUT2D eigenvalue weighted by Crippen LogP contribution is 2.37. The Labute approximate surface area is 245 Å². The summed E-state index contributed by atoms with van der Waals surface area (Å²) in [6.45, 7) is 12.4. The zero-order valence-electron chi connectivity index (χ0n) is 25.2. The summed E-state index contributed by atoms with van der Waals surface area (Å²) in [7, 11) is 0. The van der Waals surface area contributed by atoms with Crippen LogP contribution in [0.4, 0.5) is 0 Å². The molecule has 5 heterocycles.